The predicted molar refractivity (Wildman–Crippen MR) is 139 cm³/mol. The van der Waals surface area contributed by atoms with Crippen LogP contribution in [0.15, 0.2) is 47.5 Å². The standard InChI is InChI=1S/C27H30ClF3N2O2S/c1-35-18-5-6-23-19(15-18)25(20(28)16-32-23)21(29)7-8-27(17-34)9-11-33(12-10-27)13-14-36-24-4-2-3-22(30)26(24)31/h2-6,15-16,21,34H,7-14,17H2,1H3/t21-/m1/s1. The fourth-order valence-corrected chi connectivity index (χ4v) is 6.05. The number of likely N-dealkylation sites (tertiary alicyclic amines) is 1. The summed E-state index contributed by atoms with van der Waals surface area (Å²) in [5.74, 6) is -0.396. The topological polar surface area (TPSA) is 45.6 Å². The molecule has 194 valence electrons. The first-order valence-corrected chi connectivity index (χ1v) is 13.4. The zero-order valence-electron chi connectivity index (χ0n) is 20.2. The molecule has 1 atom stereocenters. The summed E-state index contributed by atoms with van der Waals surface area (Å²) in [6.07, 6.45) is 2.44. The lowest BCUT2D eigenvalue weighted by Gasteiger charge is -2.41. The second-order valence-corrected chi connectivity index (χ2v) is 10.9. The summed E-state index contributed by atoms with van der Waals surface area (Å²) < 4.78 is 48.1. The van der Waals surface area contributed by atoms with Crippen LogP contribution in [0.3, 0.4) is 0 Å². The van der Waals surface area contributed by atoms with Gasteiger partial charge in [-0.25, -0.2) is 13.2 Å². The Morgan fingerprint density at radius 3 is 2.72 bits per heavy atom. The van der Waals surface area contributed by atoms with Gasteiger partial charge in [0.2, 0.25) is 0 Å². The number of hydrogen-bond acceptors (Lipinski definition) is 5. The largest absolute Gasteiger partial charge is 0.497 e. The summed E-state index contributed by atoms with van der Waals surface area (Å²) in [5, 5.41) is 11.1. The molecule has 1 aliphatic rings. The Labute approximate surface area is 218 Å². The fourth-order valence-electron chi connectivity index (χ4n) is 4.81. The van der Waals surface area contributed by atoms with Crippen molar-refractivity contribution in [2.24, 2.45) is 5.41 Å². The molecule has 9 heteroatoms. The molecule has 1 N–H and O–H groups in total. The second kappa shape index (κ2) is 12.0. The van der Waals surface area contributed by atoms with Crippen molar-refractivity contribution >= 4 is 34.3 Å². The number of aliphatic hydroxyl groups is 1. The molecule has 0 spiro atoms. The molecule has 0 amide bonds. The first-order chi connectivity index (χ1) is 17.4. The number of benzene rings is 2. The number of methoxy groups -OCH3 is 1. The number of aromatic nitrogens is 1. The van der Waals surface area contributed by atoms with Crippen LogP contribution in [0.4, 0.5) is 13.2 Å². The molecule has 0 aliphatic carbocycles. The maximum Gasteiger partial charge on any atom is 0.172 e. The van der Waals surface area contributed by atoms with E-state index in [1.54, 1.807) is 31.4 Å². The Morgan fingerprint density at radius 1 is 1.22 bits per heavy atom. The number of pyridine rings is 1. The lowest BCUT2D eigenvalue weighted by molar-refractivity contribution is 0.0323. The van der Waals surface area contributed by atoms with Gasteiger partial charge in [-0.15, -0.1) is 11.8 Å². The molecule has 0 unspecified atom stereocenters. The molecule has 1 aliphatic heterocycles. The molecule has 0 bridgehead atoms. The third kappa shape index (κ3) is 6.10. The van der Waals surface area contributed by atoms with Gasteiger partial charge in [-0.2, -0.15) is 0 Å². The number of thioether (sulfide) groups is 1. The molecule has 1 aromatic heterocycles. The molecular weight excluding hydrogens is 509 g/mol. The van der Waals surface area contributed by atoms with Gasteiger partial charge in [-0.05, 0) is 74.5 Å². The second-order valence-electron chi connectivity index (χ2n) is 9.31. The van der Waals surface area contributed by atoms with E-state index in [-0.39, 0.29) is 23.5 Å². The average Bonchev–Trinajstić information content (AvgIpc) is 2.90. The van der Waals surface area contributed by atoms with Crippen LogP contribution in [0.5, 0.6) is 5.75 Å². The molecule has 1 fully saturated rings. The van der Waals surface area contributed by atoms with Crippen LogP contribution >= 0.6 is 23.4 Å². The highest BCUT2D eigenvalue weighted by Gasteiger charge is 2.35. The van der Waals surface area contributed by atoms with Gasteiger partial charge in [0.15, 0.2) is 11.6 Å². The summed E-state index contributed by atoms with van der Waals surface area (Å²) in [5.41, 5.74) is 0.710. The molecule has 0 radical (unpaired) electrons. The zero-order chi connectivity index (χ0) is 25.7. The van der Waals surface area contributed by atoms with Crippen molar-refractivity contribution in [2.75, 3.05) is 39.1 Å². The van der Waals surface area contributed by atoms with Crippen molar-refractivity contribution < 1.29 is 23.0 Å². The number of piperidine rings is 1. The van der Waals surface area contributed by atoms with Crippen molar-refractivity contribution in [2.45, 2.75) is 36.8 Å². The van der Waals surface area contributed by atoms with Crippen LogP contribution in [0.1, 0.15) is 37.4 Å². The van der Waals surface area contributed by atoms with E-state index >= 15 is 4.39 Å². The van der Waals surface area contributed by atoms with E-state index in [2.05, 4.69) is 9.88 Å². The lowest BCUT2D eigenvalue weighted by Crippen LogP contribution is -2.42. The van der Waals surface area contributed by atoms with Crippen LogP contribution in [0.25, 0.3) is 10.9 Å². The van der Waals surface area contributed by atoms with Crippen molar-refractivity contribution in [3.63, 3.8) is 0 Å². The SMILES string of the molecule is COc1ccc2ncc(Cl)c([C@H](F)CCC3(CO)CCN(CCSc4cccc(F)c4F)CC3)c2c1. The maximum atomic E-state index is 15.6. The minimum absolute atomic E-state index is 0.00450. The lowest BCUT2D eigenvalue weighted by atomic mass is 9.74. The van der Waals surface area contributed by atoms with Crippen molar-refractivity contribution in [1.82, 2.24) is 9.88 Å². The summed E-state index contributed by atoms with van der Waals surface area (Å²) in [6, 6.07) is 9.52. The van der Waals surface area contributed by atoms with Gasteiger partial charge in [-0.1, -0.05) is 17.7 Å². The Kier molecular flexibility index (Phi) is 9.04. The van der Waals surface area contributed by atoms with Crippen LogP contribution in [-0.2, 0) is 0 Å². The smallest absolute Gasteiger partial charge is 0.172 e. The first-order valence-electron chi connectivity index (χ1n) is 12.0. The quantitative estimate of drug-likeness (QED) is 0.287. The van der Waals surface area contributed by atoms with Crippen LogP contribution in [0, 0.1) is 17.0 Å². The molecule has 36 heavy (non-hydrogen) atoms. The Balaban J connectivity index is 1.33. The van der Waals surface area contributed by atoms with Crippen molar-refractivity contribution in [3.05, 3.63) is 64.8 Å². The highest BCUT2D eigenvalue weighted by atomic mass is 35.5. The van der Waals surface area contributed by atoms with E-state index in [9.17, 15) is 13.9 Å². The Hall–Kier alpha value is -2.00. The maximum absolute atomic E-state index is 15.6. The molecule has 2 aromatic carbocycles. The van der Waals surface area contributed by atoms with Gasteiger partial charge in [0.1, 0.15) is 11.9 Å². The third-order valence-corrected chi connectivity index (χ3v) is 8.46. The minimum Gasteiger partial charge on any atom is -0.497 e. The summed E-state index contributed by atoms with van der Waals surface area (Å²) in [7, 11) is 1.56. The number of fused-ring (bicyclic) bond motifs is 1. The number of rotatable bonds is 10. The molecule has 3 aromatic rings. The van der Waals surface area contributed by atoms with Crippen molar-refractivity contribution in [1.29, 1.82) is 0 Å². The average molecular weight is 539 g/mol. The van der Waals surface area contributed by atoms with Crippen LogP contribution in [-0.4, -0.2) is 54.1 Å². The van der Waals surface area contributed by atoms with E-state index in [0.717, 1.165) is 38.5 Å². The molecule has 4 nitrogen and oxygen atoms in total. The third-order valence-electron chi connectivity index (χ3n) is 7.14. The number of alkyl halides is 1. The van der Waals surface area contributed by atoms with Gasteiger partial charge in [-0.3, -0.25) is 4.98 Å². The highest BCUT2D eigenvalue weighted by Crippen LogP contribution is 2.42. The van der Waals surface area contributed by atoms with Crippen LogP contribution in [0.2, 0.25) is 5.02 Å². The number of halogens is 4. The predicted octanol–water partition coefficient (Wildman–Crippen LogP) is 6.83. The van der Waals surface area contributed by atoms with Gasteiger partial charge < -0.3 is 14.7 Å². The van der Waals surface area contributed by atoms with Crippen molar-refractivity contribution in [3.8, 4) is 5.75 Å². The Bertz CT molecular complexity index is 1190. The first kappa shape index (κ1) is 27.0. The fraction of sp³-hybridized carbons (Fsp3) is 0.444. The zero-order valence-corrected chi connectivity index (χ0v) is 21.7. The molecule has 4 rings (SSSR count). The summed E-state index contributed by atoms with van der Waals surface area (Å²) >= 11 is 7.66. The van der Waals surface area contributed by atoms with Crippen LogP contribution < -0.4 is 4.74 Å². The Morgan fingerprint density at radius 2 is 2.00 bits per heavy atom. The van der Waals surface area contributed by atoms with Gasteiger partial charge in [0, 0.05) is 40.9 Å². The molecule has 1 saturated heterocycles. The van der Waals surface area contributed by atoms with E-state index in [1.165, 1.54) is 24.0 Å². The summed E-state index contributed by atoms with van der Waals surface area (Å²) in [6.45, 7) is 2.25. The van der Waals surface area contributed by atoms with E-state index in [4.69, 9.17) is 16.3 Å². The molecule has 2 heterocycles. The minimum atomic E-state index is -1.30. The molecule has 0 saturated carbocycles. The van der Waals surface area contributed by atoms with Gasteiger partial charge in [0.05, 0.1) is 17.6 Å². The normalized spacial score (nSPS) is 16.8. The number of aliphatic hydroxyl groups excluding tert-OH is 1. The molecular formula is C27H30ClF3N2O2S. The van der Waals surface area contributed by atoms with E-state index in [0.29, 0.717) is 39.3 Å². The van der Waals surface area contributed by atoms with Gasteiger partial charge >= 0.3 is 0 Å². The van der Waals surface area contributed by atoms with E-state index < -0.39 is 17.8 Å². The monoisotopic (exact) mass is 538 g/mol. The number of ether oxygens (including phenoxy) is 1. The summed E-state index contributed by atoms with van der Waals surface area (Å²) in [4.78, 5) is 6.86. The number of nitrogens with zero attached hydrogens (tertiary/aromatic N) is 2. The van der Waals surface area contributed by atoms with Gasteiger partial charge in [0.25, 0.3) is 0 Å². The highest BCUT2D eigenvalue weighted by molar-refractivity contribution is 7.99. The van der Waals surface area contributed by atoms with E-state index in [1.807, 2.05) is 0 Å². The number of hydrogen-bond donors (Lipinski definition) is 1.